The second kappa shape index (κ2) is 6.85. The predicted molar refractivity (Wildman–Crippen MR) is 61.2 cm³/mol. The SMILES string of the molecule is CCC(CO)NC(=O)COc1ccccc1F. The summed E-state index contributed by atoms with van der Waals surface area (Å²) >= 11 is 0. The first kappa shape index (κ1) is 13.4. The van der Waals surface area contributed by atoms with Gasteiger partial charge < -0.3 is 15.2 Å². The molecule has 0 saturated carbocycles. The average molecular weight is 241 g/mol. The van der Waals surface area contributed by atoms with Crippen LogP contribution in [0.3, 0.4) is 0 Å². The molecule has 0 aliphatic heterocycles. The molecule has 1 rings (SSSR count). The highest BCUT2D eigenvalue weighted by Gasteiger charge is 2.10. The molecule has 5 heteroatoms. The molecule has 1 aromatic rings. The summed E-state index contributed by atoms with van der Waals surface area (Å²) in [5.74, 6) is -0.844. The quantitative estimate of drug-likeness (QED) is 0.784. The Labute approximate surface area is 99.4 Å². The van der Waals surface area contributed by atoms with Crippen molar-refractivity contribution in [3.05, 3.63) is 30.1 Å². The van der Waals surface area contributed by atoms with Crippen molar-refractivity contribution in [1.29, 1.82) is 0 Å². The number of aliphatic hydroxyl groups is 1. The summed E-state index contributed by atoms with van der Waals surface area (Å²) in [6.07, 6.45) is 0.627. The van der Waals surface area contributed by atoms with Gasteiger partial charge >= 0.3 is 0 Å². The summed E-state index contributed by atoms with van der Waals surface area (Å²) in [6.45, 7) is 1.46. The summed E-state index contributed by atoms with van der Waals surface area (Å²) in [5, 5.41) is 11.5. The van der Waals surface area contributed by atoms with Crippen LogP contribution >= 0.6 is 0 Å². The molecule has 94 valence electrons. The van der Waals surface area contributed by atoms with Crippen LogP contribution in [0.1, 0.15) is 13.3 Å². The minimum Gasteiger partial charge on any atom is -0.481 e. The summed E-state index contributed by atoms with van der Waals surface area (Å²) in [4.78, 5) is 11.4. The van der Waals surface area contributed by atoms with E-state index in [2.05, 4.69) is 5.32 Å². The topological polar surface area (TPSA) is 58.6 Å². The van der Waals surface area contributed by atoms with E-state index in [9.17, 15) is 9.18 Å². The summed E-state index contributed by atoms with van der Waals surface area (Å²) in [5.41, 5.74) is 0. The fourth-order valence-corrected chi connectivity index (χ4v) is 1.25. The first-order chi connectivity index (χ1) is 8.17. The van der Waals surface area contributed by atoms with Gasteiger partial charge in [-0.15, -0.1) is 0 Å². The molecular formula is C12H16FNO3. The van der Waals surface area contributed by atoms with E-state index in [-0.39, 0.29) is 30.9 Å². The normalized spacial score (nSPS) is 11.9. The first-order valence-electron chi connectivity index (χ1n) is 5.45. The Morgan fingerprint density at radius 3 is 2.82 bits per heavy atom. The molecule has 1 atom stereocenters. The molecule has 17 heavy (non-hydrogen) atoms. The highest BCUT2D eigenvalue weighted by atomic mass is 19.1. The molecule has 1 amide bonds. The maximum atomic E-state index is 13.1. The van der Waals surface area contributed by atoms with Crippen molar-refractivity contribution >= 4 is 5.91 Å². The van der Waals surface area contributed by atoms with E-state index < -0.39 is 5.82 Å². The third-order valence-corrected chi connectivity index (χ3v) is 2.27. The van der Waals surface area contributed by atoms with Gasteiger partial charge in [-0.25, -0.2) is 4.39 Å². The van der Waals surface area contributed by atoms with Gasteiger partial charge in [0, 0.05) is 0 Å². The van der Waals surface area contributed by atoms with Crippen molar-refractivity contribution in [2.45, 2.75) is 19.4 Å². The Hall–Kier alpha value is -1.62. The Morgan fingerprint density at radius 1 is 1.53 bits per heavy atom. The summed E-state index contributed by atoms with van der Waals surface area (Å²) in [7, 11) is 0. The Balaban J connectivity index is 2.41. The Morgan fingerprint density at radius 2 is 2.24 bits per heavy atom. The molecule has 0 fully saturated rings. The highest BCUT2D eigenvalue weighted by Crippen LogP contribution is 2.14. The number of ether oxygens (including phenoxy) is 1. The largest absolute Gasteiger partial charge is 0.481 e. The van der Waals surface area contributed by atoms with E-state index in [0.717, 1.165) is 0 Å². The molecule has 0 aliphatic carbocycles. The standard InChI is InChI=1S/C12H16FNO3/c1-2-9(7-15)14-12(16)8-17-11-6-4-3-5-10(11)13/h3-6,9,15H,2,7-8H2,1H3,(H,14,16). The lowest BCUT2D eigenvalue weighted by Crippen LogP contribution is -2.39. The van der Waals surface area contributed by atoms with E-state index in [0.29, 0.717) is 6.42 Å². The third kappa shape index (κ3) is 4.40. The average Bonchev–Trinajstić information content (AvgIpc) is 2.35. The van der Waals surface area contributed by atoms with E-state index in [4.69, 9.17) is 9.84 Å². The molecule has 0 aromatic heterocycles. The smallest absolute Gasteiger partial charge is 0.258 e. The number of carbonyl (C=O) groups excluding carboxylic acids is 1. The molecule has 0 saturated heterocycles. The van der Waals surface area contributed by atoms with Gasteiger partial charge in [-0.1, -0.05) is 19.1 Å². The van der Waals surface area contributed by atoms with Crippen molar-refractivity contribution in [3.63, 3.8) is 0 Å². The molecule has 0 heterocycles. The number of nitrogens with one attached hydrogen (secondary N) is 1. The number of hydrogen-bond donors (Lipinski definition) is 2. The monoisotopic (exact) mass is 241 g/mol. The lowest BCUT2D eigenvalue weighted by molar-refractivity contribution is -0.124. The van der Waals surface area contributed by atoms with Crippen molar-refractivity contribution < 1.29 is 19.0 Å². The number of para-hydroxylation sites is 1. The number of aliphatic hydroxyl groups excluding tert-OH is 1. The first-order valence-corrected chi connectivity index (χ1v) is 5.45. The van der Waals surface area contributed by atoms with Gasteiger partial charge in [0.2, 0.25) is 0 Å². The van der Waals surface area contributed by atoms with Gasteiger partial charge in [-0.2, -0.15) is 0 Å². The van der Waals surface area contributed by atoms with Gasteiger partial charge in [-0.3, -0.25) is 4.79 Å². The van der Waals surface area contributed by atoms with Crippen LogP contribution in [-0.2, 0) is 4.79 Å². The van der Waals surface area contributed by atoms with Gasteiger partial charge in [0.1, 0.15) is 0 Å². The van der Waals surface area contributed by atoms with Crippen LogP contribution in [0.25, 0.3) is 0 Å². The van der Waals surface area contributed by atoms with Crippen LogP contribution in [0.5, 0.6) is 5.75 Å². The number of halogens is 1. The van der Waals surface area contributed by atoms with Crippen molar-refractivity contribution in [3.8, 4) is 5.75 Å². The zero-order chi connectivity index (χ0) is 12.7. The molecule has 2 N–H and O–H groups in total. The summed E-state index contributed by atoms with van der Waals surface area (Å²) in [6, 6.07) is 5.59. The summed E-state index contributed by atoms with van der Waals surface area (Å²) < 4.78 is 18.2. The van der Waals surface area contributed by atoms with Crippen LogP contribution < -0.4 is 10.1 Å². The van der Waals surface area contributed by atoms with Crippen molar-refractivity contribution in [2.24, 2.45) is 0 Å². The van der Waals surface area contributed by atoms with Crippen LogP contribution in [-0.4, -0.2) is 30.3 Å². The number of rotatable bonds is 6. The van der Waals surface area contributed by atoms with Crippen LogP contribution in [0.2, 0.25) is 0 Å². The van der Waals surface area contributed by atoms with Crippen LogP contribution in [0, 0.1) is 5.82 Å². The van der Waals surface area contributed by atoms with Crippen molar-refractivity contribution in [1.82, 2.24) is 5.32 Å². The second-order valence-electron chi connectivity index (χ2n) is 3.57. The van der Waals surface area contributed by atoms with Gasteiger partial charge in [0.25, 0.3) is 5.91 Å². The van der Waals surface area contributed by atoms with E-state index in [1.807, 2.05) is 6.92 Å². The fraction of sp³-hybridized carbons (Fsp3) is 0.417. The molecule has 0 spiro atoms. The van der Waals surface area contributed by atoms with E-state index in [1.54, 1.807) is 12.1 Å². The van der Waals surface area contributed by atoms with Crippen LogP contribution in [0.4, 0.5) is 4.39 Å². The Kier molecular flexibility index (Phi) is 5.42. The molecule has 0 radical (unpaired) electrons. The number of amides is 1. The van der Waals surface area contributed by atoms with E-state index in [1.165, 1.54) is 12.1 Å². The minimum absolute atomic E-state index is 0.0414. The maximum absolute atomic E-state index is 13.1. The lowest BCUT2D eigenvalue weighted by atomic mass is 10.2. The van der Waals surface area contributed by atoms with E-state index >= 15 is 0 Å². The molecule has 1 unspecified atom stereocenters. The fourth-order valence-electron chi connectivity index (χ4n) is 1.25. The molecule has 4 nitrogen and oxygen atoms in total. The third-order valence-electron chi connectivity index (χ3n) is 2.27. The lowest BCUT2D eigenvalue weighted by Gasteiger charge is -2.14. The minimum atomic E-state index is -0.505. The zero-order valence-corrected chi connectivity index (χ0v) is 9.65. The van der Waals surface area contributed by atoms with Gasteiger partial charge in [-0.05, 0) is 18.6 Å². The van der Waals surface area contributed by atoms with Crippen molar-refractivity contribution in [2.75, 3.05) is 13.2 Å². The predicted octanol–water partition coefficient (Wildman–Crippen LogP) is 1.09. The number of benzene rings is 1. The highest BCUT2D eigenvalue weighted by molar-refractivity contribution is 5.77. The molecule has 1 aromatic carbocycles. The van der Waals surface area contributed by atoms with Crippen LogP contribution in [0.15, 0.2) is 24.3 Å². The molecule has 0 bridgehead atoms. The molecule has 0 aliphatic rings. The van der Waals surface area contributed by atoms with Gasteiger partial charge in [0.05, 0.1) is 12.6 Å². The number of carbonyl (C=O) groups is 1. The van der Waals surface area contributed by atoms with Gasteiger partial charge in [0.15, 0.2) is 18.2 Å². The zero-order valence-electron chi connectivity index (χ0n) is 9.65. The number of hydrogen-bond acceptors (Lipinski definition) is 3. The second-order valence-corrected chi connectivity index (χ2v) is 3.57. The maximum Gasteiger partial charge on any atom is 0.258 e. The molecular weight excluding hydrogens is 225 g/mol. The Bertz CT molecular complexity index is 367.